The molecule has 0 radical (unpaired) electrons. The highest BCUT2D eigenvalue weighted by molar-refractivity contribution is 5.93. The summed E-state index contributed by atoms with van der Waals surface area (Å²) < 4.78 is 10.8. The molecule has 0 aliphatic heterocycles. The zero-order chi connectivity index (χ0) is 19.0. The lowest BCUT2D eigenvalue weighted by Crippen LogP contribution is -2.15. The minimum atomic E-state index is -0.0978. The maximum absolute atomic E-state index is 12.7. The van der Waals surface area contributed by atoms with E-state index in [-0.39, 0.29) is 5.56 Å². The number of ether oxygens (including phenoxy) is 2. The summed E-state index contributed by atoms with van der Waals surface area (Å²) in [5.74, 6) is 1.48. The maximum Gasteiger partial charge on any atom is 0.252 e. The monoisotopic (exact) mass is 360 g/mol. The first-order valence-electron chi connectivity index (χ1n) is 8.72. The van der Waals surface area contributed by atoms with Gasteiger partial charge in [0.25, 0.3) is 5.56 Å². The van der Waals surface area contributed by atoms with Crippen LogP contribution in [-0.2, 0) is 6.42 Å². The summed E-state index contributed by atoms with van der Waals surface area (Å²) in [7, 11) is 3.26. The molecule has 0 spiro atoms. The maximum atomic E-state index is 12.7. The van der Waals surface area contributed by atoms with Gasteiger partial charge in [-0.2, -0.15) is 0 Å². The number of hydrogen-bond acceptors (Lipinski definition) is 4. The van der Waals surface area contributed by atoms with Crippen molar-refractivity contribution < 1.29 is 9.47 Å². The minimum Gasteiger partial charge on any atom is -0.497 e. The van der Waals surface area contributed by atoms with E-state index in [1.165, 1.54) is 0 Å². The molecule has 1 N–H and O–H groups in total. The van der Waals surface area contributed by atoms with Gasteiger partial charge >= 0.3 is 0 Å². The number of aryl methyl sites for hydroxylation is 1. The molecule has 0 bridgehead atoms. The zero-order valence-electron chi connectivity index (χ0n) is 15.5. The van der Waals surface area contributed by atoms with Crippen LogP contribution in [0.4, 0.5) is 0 Å². The second-order valence-electron chi connectivity index (χ2n) is 6.52. The summed E-state index contributed by atoms with van der Waals surface area (Å²) in [6.07, 6.45) is 2.28. The van der Waals surface area contributed by atoms with Crippen molar-refractivity contribution >= 4 is 21.7 Å². The lowest BCUT2D eigenvalue weighted by Gasteiger charge is -2.12. The Morgan fingerprint density at radius 3 is 2.70 bits per heavy atom. The Labute approximate surface area is 156 Å². The average Bonchev–Trinajstić information content (AvgIpc) is 2.70. The predicted molar refractivity (Wildman–Crippen MR) is 107 cm³/mol. The summed E-state index contributed by atoms with van der Waals surface area (Å²) in [5, 5.41) is 2.85. The quantitative estimate of drug-likeness (QED) is 0.598. The van der Waals surface area contributed by atoms with Gasteiger partial charge in [-0.3, -0.25) is 9.78 Å². The van der Waals surface area contributed by atoms with Crippen LogP contribution < -0.4 is 15.0 Å². The van der Waals surface area contributed by atoms with Gasteiger partial charge in [0.1, 0.15) is 11.5 Å². The number of H-pyrrole nitrogens is 1. The Bertz CT molecular complexity index is 1210. The third kappa shape index (κ3) is 3.01. The fourth-order valence-electron chi connectivity index (χ4n) is 3.49. The van der Waals surface area contributed by atoms with Crippen molar-refractivity contribution in [2.75, 3.05) is 14.2 Å². The van der Waals surface area contributed by atoms with E-state index in [0.717, 1.165) is 38.7 Å². The van der Waals surface area contributed by atoms with Gasteiger partial charge in [0.05, 0.1) is 19.7 Å². The smallest absolute Gasteiger partial charge is 0.252 e. The lowest BCUT2D eigenvalue weighted by molar-refractivity contribution is 0.415. The fraction of sp³-hybridized carbons (Fsp3) is 0.182. The molecule has 2 heterocycles. The molecule has 0 amide bonds. The Kier molecular flexibility index (Phi) is 4.28. The van der Waals surface area contributed by atoms with Crippen LogP contribution in [0.15, 0.2) is 53.5 Å². The molecule has 0 fully saturated rings. The number of nitrogens with one attached hydrogen (secondary N) is 1. The van der Waals surface area contributed by atoms with Crippen molar-refractivity contribution in [3.63, 3.8) is 0 Å². The number of nitrogens with zero attached hydrogens (tertiary/aromatic N) is 1. The Morgan fingerprint density at radius 2 is 1.93 bits per heavy atom. The van der Waals surface area contributed by atoms with Crippen LogP contribution in [0.3, 0.4) is 0 Å². The first kappa shape index (κ1) is 17.1. The molecule has 136 valence electrons. The van der Waals surface area contributed by atoms with Crippen molar-refractivity contribution in [2.24, 2.45) is 0 Å². The highest BCUT2D eigenvalue weighted by Gasteiger charge is 2.14. The topological polar surface area (TPSA) is 64.2 Å². The lowest BCUT2D eigenvalue weighted by atomic mass is 9.98. The van der Waals surface area contributed by atoms with E-state index >= 15 is 0 Å². The van der Waals surface area contributed by atoms with Crippen LogP contribution in [0, 0.1) is 6.92 Å². The van der Waals surface area contributed by atoms with Crippen LogP contribution in [0.25, 0.3) is 21.7 Å². The van der Waals surface area contributed by atoms with Gasteiger partial charge < -0.3 is 14.5 Å². The van der Waals surface area contributed by atoms with Crippen LogP contribution in [0.2, 0.25) is 0 Å². The Hall–Kier alpha value is -3.34. The standard InChI is InChI=1S/C22H20N2O3/c1-13-17-5-4-6-20(27-3)21(17)18(22(25)24-13)10-14-9-15-7-8-16(26-2)11-19(15)23-12-14/h4-9,11-12H,10H2,1-3H3,(H,24,25). The van der Waals surface area contributed by atoms with E-state index < -0.39 is 0 Å². The van der Waals surface area contributed by atoms with E-state index in [1.54, 1.807) is 14.2 Å². The second kappa shape index (κ2) is 6.76. The van der Waals surface area contributed by atoms with E-state index in [0.29, 0.717) is 17.7 Å². The largest absolute Gasteiger partial charge is 0.497 e. The molecule has 0 saturated carbocycles. The first-order valence-corrected chi connectivity index (χ1v) is 8.72. The molecule has 0 atom stereocenters. The Balaban J connectivity index is 1.86. The number of pyridine rings is 2. The number of benzene rings is 2. The van der Waals surface area contributed by atoms with Crippen molar-refractivity contribution in [3.8, 4) is 11.5 Å². The molecule has 0 aliphatic rings. The molecule has 0 saturated heterocycles. The summed E-state index contributed by atoms with van der Waals surface area (Å²) in [6.45, 7) is 1.90. The molecule has 2 aromatic heterocycles. The number of methoxy groups -OCH3 is 2. The van der Waals surface area contributed by atoms with Crippen molar-refractivity contribution in [3.05, 3.63) is 75.8 Å². The average molecular weight is 360 g/mol. The number of aromatic nitrogens is 2. The van der Waals surface area contributed by atoms with Gasteiger partial charge in [0, 0.05) is 46.1 Å². The zero-order valence-corrected chi connectivity index (χ0v) is 15.5. The minimum absolute atomic E-state index is 0.0978. The van der Waals surface area contributed by atoms with Crippen LogP contribution in [-0.4, -0.2) is 24.2 Å². The van der Waals surface area contributed by atoms with E-state index in [2.05, 4.69) is 16.0 Å². The Morgan fingerprint density at radius 1 is 1.07 bits per heavy atom. The molecule has 4 rings (SSSR count). The third-order valence-electron chi connectivity index (χ3n) is 4.86. The van der Waals surface area contributed by atoms with Crippen LogP contribution >= 0.6 is 0 Å². The van der Waals surface area contributed by atoms with Gasteiger partial charge in [0.2, 0.25) is 0 Å². The SMILES string of the molecule is COc1ccc2cc(Cc3c(=O)[nH]c(C)c4cccc(OC)c34)cnc2c1. The predicted octanol–water partition coefficient (Wildman–Crippen LogP) is 3.99. The molecular weight excluding hydrogens is 340 g/mol. The molecule has 27 heavy (non-hydrogen) atoms. The normalized spacial score (nSPS) is 11.1. The number of hydrogen-bond donors (Lipinski definition) is 1. The third-order valence-corrected chi connectivity index (χ3v) is 4.86. The van der Waals surface area contributed by atoms with Gasteiger partial charge in [-0.1, -0.05) is 12.1 Å². The molecule has 4 aromatic rings. The number of rotatable bonds is 4. The molecular formula is C22H20N2O3. The van der Waals surface area contributed by atoms with Crippen molar-refractivity contribution in [2.45, 2.75) is 13.3 Å². The van der Waals surface area contributed by atoms with Crippen molar-refractivity contribution in [1.29, 1.82) is 0 Å². The molecule has 0 aliphatic carbocycles. The first-order chi connectivity index (χ1) is 13.1. The highest BCUT2D eigenvalue weighted by atomic mass is 16.5. The number of aromatic amines is 1. The summed E-state index contributed by atoms with van der Waals surface area (Å²) in [6, 6.07) is 13.7. The van der Waals surface area contributed by atoms with Gasteiger partial charge in [0.15, 0.2) is 0 Å². The highest BCUT2D eigenvalue weighted by Crippen LogP contribution is 2.30. The molecule has 0 unspecified atom stereocenters. The summed E-state index contributed by atoms with van der Waals surface area (Å²) >= 11 is 0. The molecule has 5 nitrogen and oxygen atoms in total. The number of fused-ring (bicyclic) bond motifs is 2. The second-order valence-corrected chi connectivity index (χ2v) is 6.52. The van der Waals surface area contributed by atoms with Gasteiger partial charge in [-0.15, -0.1) is 0 Å². The van der Waals surface area contributed by atoms with Crippen molar-refractivity contribution in [1.82, 2.24) is 9.97 Å². The van der Waals surface area contributed by atoms with E-state index in [4.69, 9.17) is 9.47 Å². The molecule has 2 aromatic carbocycles. The van der Waals surface area contributed by atoms with Gasteiger partial charge in [-0.05, 0) is 36.8 Å². The summed E-state index contributed by atoms with van der Waals surface area (Å²) in [5.41, 5.74) is 3.25. The summed E-state index contributed by atoms with van der Waals surface area (Å²) in [4.78, 5) is 20.2. The van der Waals surface area contributed by atoms with Crippen LogP contribution in [0.1, 0.15) is 16.8 Å². The fourth-order valence-corrected chi connectivity index (χ4v) is 3.49. The van der Waals surface area contributed by atoms with Gasteiger partial charge in [-0.25, -0.2) is 0 Å². The van der Waals surface area contributed by atoms with E-state index in [9.17, 15) is 4.79 Å². The van der Waals surface area contributed by atoms with Crippen LogP contribution in [0.5, 0.6) is 11.5 Å². The molecule has 5 heteroatoms. The van der Waals surface area contributed by atoms with E-state index in [1.807, 2.05) is 49.5 Å².